The lowest BCUT2D eigenvalue weighted by Gasteiger charge is -2.11. The van der Waals surface area contributed by atoms with Gasteiger partial charge in [-0.3, -0.25) is 0 Å². The molecule has 20 heavy (non-hydrogen) atoms. The number of hydrogen-bond donors (Lipinski definition) is 1. The van der Waals surface area contributed by atoms with Gasteiger partial charge in [0, 0.05) is 6.54 Å². The van der Waals surface area contributed by atoms with Gasteiger partial charge in [-0.1, -0.05) is 64.7 Å². The molecule has 1 heterocycles. The summed E-state index contributed by atoms with van der Waals surface area (Å²) in [6.07, 6.45) is 15.7. The van der Waals surface area contributed by atoms with Crippen molar-refractivity contribution in [2.45, 2.75) is 77.6 Å². The second-order valence-corrected chi connectivity index (χ2v) is 6.80. The third kappa shape index (κ3) is 9.77. The quantitative estimate of drug-likeness (QED) is 0.502. The molecule has 1 aliphatic rings. The molecular formula is C18H38N2. The van der Waals surface area contributed by atoms with Gasteiger partial charge in [0.05, 0.1) is 0 Å². The lowest BCUT2D eigenvalue weighted by Crippen LogP contribution is -2.25. The van der Waals surface area contributed by atoms with Crippen molar-refractivity contribution in [2.24, 2.45) is 5.92 Å². The monoisotopic (exact) mass is 282 g/mol. The first-order valence-corrected chi connectivity index (χ1v) is 9.22. The molecule has 0 aromatic carbocycles. The molecule has 1 N–H and O–H groups in total. The zero-order valence-corrected chi connectivity index (χ0v) is 14.1. The summed E-state index contributed by atoms with van der Waals surface area (Å²) in [5, 5.41) is 3.65. The van der Waals surface area contributed by atoms with Crippen LogP contribution in [0.3, 0.4) is 0 Å². The van der Waals surface area contributed by atoms with Crippen LogP contribution in [0.1, 0.15) is 77.6 Å². The molecule has 1 unspecified atom stereocenters. The van der Waals surface area contributed by atoms with Gasteiger partial charge in [-0.2, -0.15) is 0 Å². The molecule has 0 bridgehead atoms. The summed E-state index contributed by atoms with van der Waals surface area (Å²) in [5.74, 6) is 0.906. The van der Waals surface area contributed by atoms with Crippen LogP contribution in [0.15, 0.2) is 0 Å². The summed E-state index contributed by atoms with van der Waals surface area (Å²) < 4.78 is 0. The van der Waals surface area contributed by atoms with Gasteiger partial charge in [0.25, 0.3) is 0 Å². The Bertz CT molecular complexity index is 206. The van der Waals surface area contributed by atoms with E-state index in [1.165, 1.54) is 96.8 Å². The SMILES string of the molecule is CCCCCCCCCCCCNCC1CCN(C)C1. The summed E-state index contributed by atoms with van der Waals surface area (Å²) in [7, 11) is 2.24. The molecule has 0 aromatic heterocycles. The van der Waals surface area contributed by atoms with Crippen molar-refractivity contribution in [3.8, 4) is 0 Å². The fourth-order valence-corrected chi connectivity index (χ4v) is 3.24. The number of nitrogens with one attached hydrogen (secondary N) is 1. The highest BCUT2D eigenvalue weighted by atomic mass is 15.1. The Morgan fingerprint density at radius 1 is 0.900 bits per heavy atom. The molecular weight excluding hydrogens is 244 g/mol. The summed E-state index contributed by atoms with van der Waals surface area (Å²) >= 11 is 0. The van der Waals surface area contributed by atoms with Gasteiger partial charge >= 0.3 is 0 Å². The molecule has 0 spiro atoms. The molecule has 0 amide bonds. The standard InChI is InChI=1S/C18H38N2/c1-3-4-5-6-7-8-9-10-11-12-14-19-16-18-13-15-20(2)17-18/h18-19H,3-17H2,1-2H3. The second-order valence-electron chi connectivity index (χ2n) is 6.80. The van der Waals surface area contributed by atoms with E-state index >= 15 is 0 Å². The Morgan fingerprint density at radius 3 is 2.05 bits per heavy atom. The fourth-order valence-electron chi connectivity index (χ4n) is 3.24. The maximum atomic E-state index is 3.65. The van der Waals surface area contributed by atoms with E-state index in [9.17, 15) is 0 Å². The molecule has 1 rings (SSSR count). The van der Waals surface area contributed by atoms with Gasteiger partial charge in [0.2, 0.25) is 0 Å². The minimum atomic E-state index is 0.906. The lowest BCUT2D eigenvalue weighted by atomic mass is 10.1. The van der Waals surface area contributed by atoms with Crippen molar-refractivity contribution in [2.75, 3.05) is 33.2 Å². The Balaban J connectivity index is 1.70. The molecule has 0 saturated carbocycles. The van der Waals surface area contributed by atoms with Crippen LogP contribution >= 0.6 is 0 Å². The van der Waals surface area contributed by atoms with Crippen LogP contribution in [0.2, 0.25) is 0 Å². The number of unbranched alkanes of at least 4 members (excludes halogenated alkanes) is 9. The molecule has 0 aliphatic carbocycles. The molecule has 1 fully saturated rings. The molecule has 1 saturated heterocycles. The highest BCUT2D eigenvalue weighted by molar-refractivity contribution is 4.74. The van der Waals surface area contributed by atoms with E-state index in [2.05, 4.69) is 24.2 Å². The second kappa shape index (κ2) is 12.6. The molecule has 0 radical (unpaired) electrons. The van der Waals surface area contributed by atoms with Crippen molar-refractivity contribution >= 4 is 0 Å². The largest absolute Gasteiger partial charge is 0.316 e. The molecule has 1 aliphatic heterocycles. The lowest BCUT2D eigenvalue weighted by molar-refractivity contribution is 0.387. The Hall–Kier alpha value is -0.0800. The predicted molar refractivity (Wildman–Crippen MR) is 90.3 cm³/mol. The minimum absolute atomic E-state index is 0.906. The van der Waals surface area contributed by atoms with E-state index in [1.807, 2.05) is 0 Å². The molecule has 2 nitrogen and oxygen atoms in total. The fraction of sp³-hybridized carbons (Fsp3) is 1.00. The number of rotatable bonds is 13. The van der Waals surface area contributed by atoms with Gasteiger partial charge in [0.1, 0.15) is 0 Å². The highest BCUT2D eigenvalue weighted by Gasteiger charge is 2.18. The van der Waals surface area contributed by atoms with Gasteiger partial charge in [0.15, 0.2) is 0 Å². The van der Waals surface area contributed by atoms with Crippen LogP contribution in [0.25, 0.3) is 0 Å². The third-order valence-electron chi connectivity index (χ3n) is 4.63. The van der Waals surface area contributed by atoms with E-state index in [0.717, 1.165) is 5.92 Å². The first-order valence-electron chi connectivity index (χ1n) is 9.22. The molecule has 2 heteroatoms. The van der Waals surface area contributed by atoms with Crippen molar-refractivity contribution in [1.82, 2.24) is 10.2 Å². The maximum absolute atomic E-state index is 3.65. The molecule has 120 valence electrons. The van der Waals surface area contributed by atoms with E-state index < -0.39 is 0 Å². The zero-order chi connectivity index (χ0) is 14.5. The number of hydrogen-bond acceptors (Lipinski definition) is 2. The van der Waals surface area contributed by atoms with Crippen LogP contribution in [0, 0.1) is 5.92 Å². The average molecular weight is 283 g/mol. The Kier molecular flexibility index (Phi) is 11.4. The smallest absolute Gasteiger partial charge is 0.00192 e. The first-order chi connectivity index (χ1) is 9.83. The van der Waals surface area contributed by atoms with Crippen LogP contribution in [0.4, 0.5) is 0 Å². The van der Waals surface area contributed by atoms with Crippen molar-refractivity contribution < 1.29 is 0 Å². The van der Waals surface area contributed by atoms with Crippen LogP contribution in [0.5, 0.6) is 0 Å². The van der Waals surface area contributed by atoms with E-state index in [4.69, 9.17) is 0 Å². The highest BCUT2D eigenvalue weighted by Crippen LogP contribution is 2.13. The summed E-state index contributed by atoms with van der Waals surface area (Å²) in [4.78, 5) is 2.45. The zero-order valence-electron chi connectivity index (χ0n) is 14.1. The summed E-state index contributed by atoms with van der Waals surface area (Å²) in [6, 6.07) is 0. The third-order valence-corrected chi connectivity index (χ3v) is 4.63. The van der Waals surface area contributed by atoms with Gasteiger partial charge in [-0.05, 0) is 45.4 Å². The van der Waals surface area contributed by atoms with E-state index in [1.54, 1.807) is 0 Å². The Morgan fingerprint density at radius 2 is 1.50 bits per heavy atom. The number of likely N-dealkylation sites (tertiary alicyclic amines) is 1. The maximum Gasteiger partial charge on any atom is 0.00192 e. The molecule has 0 aromatic rings. The predicted octanol–water partition coefficient (Wildman–Crippen LogP) is 4.45. The normalized spacial score (nSPS) is 19.8. The van der Waals surface area contributed by atoms with Crippen molar-refractivity contribution in [1.29, 1.82) is 0 Å². The molecule has 1 atom stereocenters. The van der Waals surface area contributed by atoms with E-state index in [-0.39, 0.29) is 0 Å². The van der Waals surface area contributed by atoms with Crippen molar-refractivity contribution in [3.05, 3.63) is 0 Å². The minimum Gasteiger partial charge on any atom is -0.316 e. The summed E-state index contributed by atoms with van der Waals surface area (Å²) in [5.41, 5.74) is 0. The van der Waals surface area contributed by atoms with Gasteiger partial charge in [-0.15, -0.1) is 0 Å². The average Bonchev–Trinajstić information content (AvgIpc) is 2.86. The van der Waals surface area contributed by atoms with Crippen molar-refractivity contribution in [3.63, 3.8) is 0 Å². The number of nitrogens with zero attached hydrogens (tertiary/aromatic N) is 1. The van der Waals surface area contributed by atoms with Gasteiger partial charge < -0.3 is 10.2 Å². The van der Waals surface area contributed by atoms with Crippen LogP contribution < -0.4 is 5.32 Å². The topological polar surface area (TPSA) is 15.3 Å². The summed E-state index contributed by atoms with van der Waals surface area (Å²) in [6.45, 7) is 7.35. The Labute approximate surface area is 127 Å². The van der Waals surface area contributed by atoms with Crippen LogP contribution in [-0.4, -0.2) is 38.1 Å². The van der Waals surface area contributed by atoms with Gasteiger partial charge in [-0.25, -0.2) is 0 Å². The van der Waals surface area contributed by atoms with Crippen LogP contribution in [-0.2, 0) is 0 Å². The van der Waals surface area contributed by atoms with E-state index in [0.29, 0.717) is 0 Å². The first kappa shape index (κ1) is 18.0.